The van der Waals surface area contributed by atoms with Gasteiger partial charge < -0.3 is 14.2 Å². The molecule has 0 radical (unpaired) electrons. The van der Waals surface area contributed by atoms with E-state index in [1.807, 2.05) is 19.2 Å². The lowest BCUT2D eigenvalue weighted by atomic mass is 10.3. The Morgan fingerprint density at radius 2 is 2.00 bits per heavy atom. The first kappa shape index (κ1) is 18.1. The first-order valence-corrected chi connectivity index (χ1v) is 8.18. The van der Waals surface area contributed by atoms with Crippen molar-refractivity contribution in [3.05, 3.63) is 33.5 Å². The molecular weight excluding hydrogens is 334 g/mol. The summed E-state index contributed by atoms with van der Waals surface area (Å²) in [5.74, 6) is -1.21. The van der Waals surface area contributed by atoms with Crippen molar-refractivity contribution in [2.24, 2.45) is 0 Å². The molecule has 0 fully saturated rings. The highest BCUT2D eigenvalue weighted by Crippen LogP contribution is 2.22. The van der Waals surface area contributed by atoms with Gasteiger partial charge in [-0.2, -0.15) is 5.10 Å². The zero-order chi connectivity index (χ0) is 17.7. The number of rotatable bonds is 7. The van der Waals surface area contributed by atoms with Gasteiger partial charge in [0, 0.05) is 18.1 Å². The summed E-state index contributed by atoms with van der Waals surface area (Å²) < 4.78 is 16.2. The van der Waals surface area contributed by atoms with Crippen LogP contribution in [0.25, 0.3) is 0 Å². The Morgan fingerprint density at radius 1 is 1.29 bits per heavy atom. The average Bonchev–Trinajstić information content (AvgIpc) is 3.21. The number of aromatic nitrogens is 3. The van der Waals surface area contributed by atoms with Gasteiger partial charge in [-0.3, -0.25) is 4.68 Å². The second-order valence-electron chi connectivity index (χ2n) is 4.83. The number of carbonyl (C=O) groups is 2. The van der Waals surface area contributed by atoms with Crippen LogP contribution in [0.4, 0.5) is 0 Å². The van der Waals surface area contributed by atoms with Gasteiger partial charge in [0.1, 0.15) is 16.8 Å². The fraction of sp³-hybridized carbons (Fsp3) is 0.467. The van der Waals surface area contributed by atoms with E-state index in [9.17, 15) is 9.59 Å². The molecular formula is C15H19N3O5S. The summed E-state index contributed by atoms with van der Waals surface area (Å²) in [5.41, 5.74) is 0.910. The SMILES string of the molecule is CCOC(C)c1nc(Cn2nc(C(=O)OC)cc2C(=O)OC)cs1. The highest BCUT2D eigenvalue weighted by molar-refractivity contribution is 7.09. The van der Waals surface area contributed by atoms with Crippen LogP contribution in [0.5, 0.6) is 0 Å². The van der Waals surface area contributed by atoms with E-state index in [0.717, 1.165) is 5.01 Å². The van der Waals surface area contributed by atoms with Crippen molar-refractivity contribution in [2.75, 3.05) is 20.8 Å². The molecule has 9 heteroatoms. The molecule has 2 aromatic heterocycles. The van der Waals surface area contributed by atoms with Crippen LogP contribution in [0.2, 0.25) is 0 Å². The molecule has 0 aromatic carbocycles. The number of thiazole rings is 1. The number of hydrogen-bond donors (Lipinski definition) is 0. The number of carbonyl (C=O) groups excluding carboxylic acids is 2. The molecule has 1 unspecified atom stereocenters. The van der Waals surface area contributed by atoms with Crippen molar-refractivity contribution < 1.29 is 23.8 Å². The second kappa shape index (κ2) is 8.02. The fourth-order valence-corrected chi connectivity index (χ4v) is 2.88. The van der Waals surface area contributed by atoms with Crippen LogP contribution >= 0.6 is 11.3 Å². The standard InChI is InChI=1S/C15H19N3O5S/c1-5-23-9(2)13-16-10(8-24-13)7-18-12(15(20)22-4)6-11(17-18)14(19)21-3/h6,8-9H,5,7H2,1-4H3. The summed E-state index contributed by atoms with van der Waals surface area (Å²) in [6.45, 7) is 4.68. The summed E-state index contributed by atoms with van der Waals surface area (Å²) in [6.07, 6.45) is -0.0999. The van der Waals surface area contributed by atoms with Gasteiger partial charge in [0.05, 0.1) is 26.5 Å². The largest absolute Gasteiger partial charge is 0.464 e. The zero-order valence-corrected chi connectivity index (χ0v) is 14.8. The van der Waals surface area contributed by atoms with Crippen LogP contribution < -0.4 is 0 Å². The highest BCUT2D eigenvalue weighted by atomic mass is 32.1. The maximum atomic E-state index is 11.9. The maximum Gasteiger partial charge on any atom is 0.358 e. The highest BCUT2D eigenvalue weighted by Gasteiger charge is 2.21. The molecule has 0 aliphatic carbocycles. The molecule has 0 spiro atoms. The number of hydrogen-bond acceptors (Lipinski definition) is 8. The van der Waals surface area contributed by atoms with E-state index >= 15 is 0 Å². The lowest BCUT2D eigenvalue weighted by Crippen LogP contribution is -2.13. The van der Waals surface area contributed by atoms with Crippen LogP contribution in [-0.2, 0) is 20.8 Å². The van der Waals surface area contributed by atoms with Crippen molar-refractivity contribution >= 4 is 23.3 Å². The number of nitrogens with zero attached hydrogens (tertiary/aromatic N) is 3. The topological polar surface area (TPSA) is 92.5 Å². The summed E-state index contributed by atoms with van der Waals surface area (Å²) >= 11 is 1.47. The van der Waals surface area contributed by atoms with E-state index < -0.39 is 11.9 Å². The molecule has 0 amide bonds. The van der Waals surface area contributed by atoms with Gasteiger partial charge in [-0.15, -0.1) is 11.3 Å². The summed E-state index contributed by atoms with van der Waals surface area (Å²) in [7, 11) is 2.52. The first-order chi connectivity index (χ1) is 11.5. The monoisotopic (exact) mass is 353 g/mol. The predicted octanol–water partition coefficient (Wildman–Crippen LogP) is 2.06. The Bertz CT molecular complexity index is 725. The van der Waals surface area contributed by atoms with Crippen molar-refractivity contribution in [3.63, 3.8) is 0 Å². The summed E-state index contributed by atoms with van der Waals surface area (Å²) in [5, 5.41) is 6.82. The molecule has 1 atom stereocenters. The molecule has 0 aliphatic rings. The molecule has 0 saturated carbocycles. The van der Waals surface area contributed by atoms with Crippen LogP contribution in [0, 0.1) is 0 Å². The van der Waals surface area contributed by atoms with Gasteiger partial charge in [-0.1, -0.05) is 0 Å². The third kappa shape index (κ3) is 3.98. The van der Waals surface area contributed by atoms with Crippen molar-refractivity contribution in [3.8, 4) is 0 Å². The summed E-state index contributed by atoms with van der Waals surface area (Å²) in [6, 6.07) is 1.34. The van der Waals surface area contributed by atoms with Crippen molar-refractivity contribution in [2.45, 2.75) is 26.5 Å². The van der Waals surface area contributed by atoms with E-state index in [2.05, 4.69) is 14.8 Å². The van der Waals surface area contributed by atoms with E-state index in [4.69, 9.17) is 9.47 Å². The lowest BCUT2D eigenvalue weighted by Gasteiger charge is -2.07. The first-order valence-electron chi connectivity index (χ1n) is 7.30. The average molecular weight is 353 g/mol. The Morgan fingerprint density at radius 3 is 2.62 bits per heavy atom. The molecule has 2 aromatic rings. The third-order valence-electron chi connectivity index (χ3n) is 3.21. The predicted molar refractivity (Wildman–Crippen MR) is 86.2 cm³/mol. The smallest absolute Gasteiger partial charge is 0.358 e. The Balaban J connectivity index is 2.26. The Hall–Kier alpha value is -2.26. The maximum absolute atomic E-state index is 11.9. The van der Waals surface area contributed by atoms with Crippen LogP contribution in [0.3, 0.4) is 0 Å². The van der Waals surface area contributed by atoms with Gasteiger partial charge >= 0.3 is 11.9 Å². The Kier molecular flexibility index (Phi) is 6.04. The number of methoxy groups -OCH3 is 2. The molecule has 130 valence electrons. The number of esters is 2. The molecule has 8 nitrogen and oxygen atoms in total. The molecule has 2 heterocycles. The van der Waals surface area contributed by atoms with E-state index in [1.54, 1.807) is 0 Å². The van der Waals surface area contributed by atoms with Crippen LogP contribution in [-0.4, -0.2) is 47.5 Å². The number of ether oxygens (including phenoxy) is 3. The molecule has 0 saturated heterocycles. The zero-order valence-electron chi connectivity index (χ0n) is 13.9. The van der Waals surface area contributed by atoms with Gasteiger partial charge in [-0.05, 0) is 13.8 Å². The van der Waals surface area contributed by atoms with Gasteiger partial charge in [0.15, 0.2) is 5.69 Å². The van der Waals surface area contributed by atoms with Gasteiger partial charge in [0.2, 0.25) is 0 Å². The molecule has 2 rings (SSSR count). The van der Waals surface area contributed by atoms with E-state index in [-0.39, 0.29) is 24.0 Å². The molecule has 24 heavy (non-hydrogen) atoms. The van der Waals surface area contributed by atoms with E-state index in [1.165, 1.54) is 36.3 Å². The second-order valence-corrected chi connectivity index (χ2v) is 5.72. The quantitative estimate of drug-likeness (QED) is 0.703. The van der Waals surface area contributed by atoms with Crippen LogP contribution in [0.1, 0.15) is 51.6 Å². The van der Waals surface area contributed by atoms with Crippen molar-refractivity contribution in [1.29, 1.82) is 0 Å². The minimum Gasteiger partial charge on any atom is -0.464 e. The Labute approximate surface area is 143 Å². The minimum atomic E-state index is -0.622. The lowest BCUT2D eigenvalue weighted by molar-refractivity contribution is 0.0581. The third-order valence-corrected chi connectivity index (χ3v) is 4.27. The van der Waals surface area contributed by atoms with Crippen LogP contribution in [0.15, 0.2) is 11.4 Å². The van der Waals surface area contributed by atoms with Crippen molar-refractivity contribution in [1.82, 2.24) is 14.8 Å². The van der Waals surface area contributed by atoms with E-state index in [0.29, 0.717) is 12.3 Å². The summed E-state index contributed by atoms with van der Waals surface area (Å²) in [4.78, 5) is 28.0. The molecule has 0 bridgehead atoms. The molecule has 0 aliphatic heterocycles. The normalized spacial score (nSPS) is 12.0. The van der Waals surface area contributed by atoms with Gasteiger partial charge in [-0.25, -0.2) is 14.6 Å². The molecule has 0 N–H and O–H groups in total. The van der Waals surface area contributed by atoms with Gasteiger partial charge in [0.25, 0.3) is 0 Å². The minimum absolute atomic E-state index is 0.0380. The fourth-order valence-electron chi connectivity index (χ4n) is 2.07.